The SMILES string of the molecule is CCCCCCCC/C=C/CCCCCCCCCC(=O)OC[C@H](COP(=O)([O-])OCC[N+](C)(C)C)OC(=O)CCCCCCCCCCCCCCCCCCCCC. The van der Waals surface area contributed by atoms with Gasteiger partial charge in [-0.25, -0.2) is 0 Å². The van der Waals surface area contributed by atoms with Gasteiger partial charge in [0.25, 0.3) is 7.82 Å². The van der Waals surface area contributed by atoms with Crippen LogP contribution in [-0.4, -0.2) is 70.0 Å². The van der Waals surface area contributed by atoms with Gasteiger partial charge in [-0.2, -0.15) is 0 Å². The predicted molar refractivity (Wildman–Crippen MR) is 250 cm³/mol. The van der Waals surface area contributed by atoms with Gasteiger partial charge in [0.2, 0.25) is 0 Å². The van der Waals surface area contributed by atoms with Crippen LogP contribution in [0.3, 0.4) is 0 Å². The second-order valence-electron chi connectivity index (χ2n) is 18.5. The van der Waals surface area contributed by atoms with Gasteiger partial charge in [-0.1, -0.05) is 206 Å². The number of carbonyl (C=O) groups excluding carboxylic acids is 2. The van der Waals surface area contributed by atoms with Crippen LogP contribution in [0.5, 0.6) is 0 Å². The van der Waals surface area contributed by atoms with Crippen molar-refractivity contribution in [1.29, 1.82) is 0 Å². The molecule has 0 fully saturated rings. The van der Waals surface area contributed by atoms with Gasteiger partial charge < -0.3 is 27.9 Å². The highest BCUT2D eigenvalue weighted by Crippen LogP contribution is 2.38. The number of hydrogen-bond donors (Lipinski definition) is 0. The van der Waals surface area contributed by atoms with Crippen molar-refractivity contribution in [2.45, 2.75) is 251 Å². The fourth-order valence-electron chi connectivity index (χ4n) is 7.30. The highest BCUT2D eigenvalue weighted by atomic mass is 31.2. The number of allylic oxidation sites excluding steroid dienone is 2. The fourth-order valence-corrected chi connectivity index (χ4v) is 8.03. The minimum atomic E-state index is -4.62. The maximum absolute atomic E-state index is 12.7. The molecule has 10 heteroatoms. The van der Waals surface area contributed by atoms with Crippen LogP contribution in [0, 0.1) is 0 Å². The Hall–Kier alpha value is -1.25. The van der Waals surface area contributed by atoms with Crippen molar-refractivity contribution in [3.8, 4) is 0 Å². The Morgan fingerprint density at radius 2 is 0.850 bits per heavy atom. The first-order chi connectivity index (χ1) is 29.0. The number of phosphoric acid groups is 1. The van der Waals surface area contributed by atoms with Crippen molar-refractivity contribution in [2.24, 2.45) is 0 Å². The first-order valence-electron chi connectivity index (χ1n) is 25.4. The summed E-state index contributed by atoms with van der Waals surface area (Å²) < 4.78 is 34.0. The number of likely N-dealkylation sites (N-methyl/N-ethyl adjacent to an activating group) is 1. The summed E-state index contributed by atoms with van der Waals surface area (Å²) in [6.07, 6.45) is 46.6. The fraction of sp³-hybridized carbons (Fsp3) is 0.920. The molecular weight excluding hydrogens is 774 g/mol. The number of phosphoric ester groups is 1. The minimum Gasteiger partial charge on any atom is -0.756 e. The van der Waals surface area contributed by atoms with Crippen molar-refractivity contribution in [1.82, 2.24) is 0 Å². The Balaban J connectivity index is 4.23. The Bertz CT molecular complexity index is 1030. The first-order valence-corrected chi connectivity index (χ1v) is 26.9. The number of quaternary nitrogens is 1. The van der Waals surface area contributed by atoms with Crippen molar-refractivity contribution in [2.75, 3.05) is 47.5 Å². The second-order valence-corrected chi connectivity index (χ2v) is 20.0. The summed E-state index contributed by atoms with van der Waals surface area (Å²) >= 11 is 0. The van der Waals surface area contributed by atoms with E-state index in [-0.39, 0.29) is 32.0 Å². The van der Waals surface area contributed by atoms with Gasteiger partial charge >= 0.3 is 11.9 Å². The van der Waals surface area contributed by atoms with E-state index in [4.69, 9.17) is 18.5 Å². The molecule has 0 rings (SSSR count). The molecule has 0 saturated heterocycles. The topological polar surface area (TPSA) is 111 Å². The molecule has 0 aliphatic carbocycles. The molecule has 0 aromatic rings. The molecule has 0 radical (unpaired) electrons. The zero-order valence-corrected chi connectivity index (χ0v) is 41.1. The van der Waals surface area contributed by atoms with Crippen LogP contribution in [-0.2, 0) is 32.7 Å². The van der Waals surface area contributed by atoms with Gasteiger partial charge in [0.05, 0.1) is 27.7 Å². The number of unbranched alkanes of at least 4 members (excludes halogenated alkanes) is 31. The Kier molecular flexibility index (Phi) is 42.1. The summed E-state index contributed by atoms with van der Waals surface area (Å²) in [6, 6.07) is 0. The first kappa shape index (κ1) is 58.8. The molecule has 0 aliphatic heterocycles. The third-order valence-electron chi connectivity index (χ3n) is 11.3. The van der Waals surface area contributed by atoms with Gasteiger partial charge in [0, 0.05) is 12.8 Å². The standard InChI is InChI=1S/C50H98NO8P/c1-6-8-10-12-14-16-18-20-22-24-25-27-29-31-33-35-37-39-41-43-50(53)59-48(47-58-60(54,55)57-45-44-51(3,4)5)46-56-49(52)42-40-38-36-34-32-30-28-26-23-21-19-17-15-13-11-9-7-2/h21,23,48H,6-20,22,24-47H2,1-5H3/b23-21+/t48-/m1/s1. The minimum absolute atomic E-state index is 0.0280. The molecule has 0 aliphatic rings. The molecule has 0 aromatic heterocycles. The summed E-state index contributed by atoms with van der Waals surface area (Å²) in [5.74, 6) is -0.824. The van der Waals surface area contributed by atoms with E-state index in [2.05, 4.69) is 26.0 Å². The van der Waals surface area contributed by atoms with Gasteiger partial charge in [0.1, 0.15) is 19.8 Å². The zero-order valence-electron chi connectivity index (χ0n) is 40.2. The van der Waals surface area contributed by atoms with Gasteiger partial charge in [0.15, 0.2) is 6.10 Å². The van der Waals surface area contributed by atoms with Crippen LogP contribution >= 0.6 is 7.82 Å². The molecule has 0 heterocycles. The van der Waals surface area contributed by atoms with E-state index in [1.807, 2.05) is 21.1 Å². The molecule has 0 spiro atoms. The Morgan fingerprint density at radius 1 is 0.500 bits per heavy atom. The van der Waals surface area contributed by atoms with E-state index >= 15 is 0 Å². The summed E-state index contributed by atoms with van der Waals surface area (Å²) in [6.45, 7) is 4.27. The quantitative estimate of drug-likeness (QED) is 0.0195. The molecule has 1 unspecified atom stereocenters. The summed E-state index contributed by atoms with van der Waals surface area (Å²) in [7, 11) is 1.18. The van der Waals surface area contributed by atoms with Gasteiger partial charge in [-0.05, 0) is 38.5 Å². The normalized spacial score (nSPS) is 13.5. The van der Waals surface area contributed by atoms with Crippen LogP contribution in [0.1, 0.15) is 245 Å². The maximum atomic E-state index is 12.7. The zero-order chi connectivity index (χ0) is 44.3. The molecule has 0 aromatic carbocycles. The average molecular weight is 872 g/mol. The van der Waals surface area contributed by atoms with Crippen molar-refractivity contribution in [3.05, 3.63) is 12.2 Å². The summed E-state index contributed by atoms with van der Waals surface area (Å²) in [5, 5.41) is 0. The molecule has 2 atom stereocenters. The van der Waals surface area contributed by atoms with Crippen molar-refractivity contribution < 1.29 is 42.1 Å². The number of esters is 2. The monoisotopic (exact) mass is 872 g/mol. The lowest BCUT2D eigenvalue weighted by Gasteiger charge is -2.28. The van der Waals surface area contributed by atoms with E-state index < -0.39 is 26.5 Å². The Labute approximate surface area is 371 Å². The van der Waals surface area contributed by atoms with Crippen LogP contribution < -0.4 is 4.89 Å². The van der Waals surface area contributed by atoms with Crippen molar-refractivity contribution in [3.63, 3.8) is 0 Å². The summed E-state index contributed by atoms with van der Waals surface area (Å²) in [4.78, 5) is 37.7. The number of rotatable bonds is 47. The lowest BCUT2D eigenvalue weighted by molar-refractivity contribution is -0.870. The second kappa shape index (κ2) is 43.0. The molecule has 60 heavy (non-hydrogen) atoms. The van der Waals surface area contributed by atoms with Crippen LogP contribution in [0.2, 0.25) is 0 Å². The maximum Gasteiger partial charge on any atom is 0.306 e. The smallest absolute Gasteiger partial charge is 0.306 e. The Morgan fingerprint density at radius 3 is 1.23 bits per heavy atom. The van der Waals surface area contributed by atoms with Gasteiger partial charge in [-0.15, -0.1) is 0 Å². The molecular formula is C50H98NO8P. The third kappa shape index (κ3) is 46.3. The van der Waals surface area contributed by atoms with E-state index in [0.29, 0.717) is 17.4 Å². The number of hydrogen-bond acceptors (Lipinski definition) is 8. The number of nitrogens with zero attached hydrogens (tertiary/aromatic N) is 1. The molecule has 9 nitrogen and oxygen atoms in total. The molecule has 0 saturated carbocycles. The lowest BCUT2D eigenvalue weighted by Crippen LogP contribution is -2.37. The van der Waals surface area contributed by atoms with E-state index in [1.54, 1.807) is 0 Å². The predicted octanol–water partition coefficient (Wildman–Crippen LogP) is 14.3. The molecule has 0 N–H and O–H groups in total. The average Bonchev–Trinajstić information content (AvgIpc) is 3.20. The summed E-state index contributed by atoms with van der Waals surface area (Å²) in [5.41, 5.74) is 0. The number of ether oxygens (including phenoxy) is 2. The molecule has 0 amide bonds. The van der Waals surface area contributed by atoms with E-state index in [1.165, 1.54) is 173 Å². The van der Waals surface area contributed by atoms with Crippen molar-refractivity contribution >= 4 is 19.8 Å². The highest BCUT2D eigenvalue weighted by molar-refractivity contribution is 7.45. The van der Waals surface area contributed by atoms with Gasteiger partial charge in [-0.3, -0.25) is 14.2 Å². The largest absolute Gasteiger partial charge is 0.756 e. The highest BCUT2D eigenvalue weighted by Gasteiger charge is 2.21. The number of carbonyl (C=O) groups is 2. The van der Waals surface area contributed by atoms with Crippen LogP contribution in [0.25, 0.3) is 0 Å². The van der Waals surface area contributed by atoms with Crippen LogP contribution in [0.15, 0.2) is 12.2 Å². The van der Waals surface area contributed by atoms with E-state index in [9.17, 15) is 19.0 Å². The van der Waals surface area contributed by atoms with Crippen LogP contribution in [0.4, 0.5) is 0 Å². The lowest BCUT2D eigenvalue weighted by atomic mass is 10.0. The third-order valence-corrected chi connectivity index (χ3v) is 12.2. The molecule has 0 bridgehead atoms. The van der Waals surface area contributed by atoms with E-state index in [0.717, 1.165) is 38.5 Å². The molecule has 356 valence electrons.